The van der Waals surface area contributed by atoms with Crippen LogP contribution in [-0.4, -0.2) is 8.07 Å². The van der Waals surface area contributed by atoms with Crippen molar-refractivity contribution in [3.63, 3.8) is 0 Å². The molecule has 184 valence electrons. The van der Waals surface area contributed by atoms with Crippen LogP contribution in [0.5, 0.6) is 0 Å². The fourth-order valence-corrected chi connectivity index (χ4v) is 7.79. The summed E-state index contributed by atoms with van der Waals surface area (Å²) in [5.74, 6) is 0. The second kappa shape index (κ2) is 8.40. The first-order valence-electron chi connectivity index (χ1n) is 12.8. The first kappa shape index (κ1) is 27.9. The standard InChI is InChI=1S/C32H52Si/c1-21-25(29(3,4)5)17-23(18-26(21)30(6,7)8)33(15,16)24-19-27(31(9,10)11)22(2)28(20-24)32(12,13)14/h17-20H,1-16H3. The predicted octanol–water partition coefficient (Wildman–Crippen LogP) is 8.32. The highest BCUT2D eigenvalue weighted by molar-refractivity contribution is 7.00. The van der Waals surface area contributed by atoms with Gasteiger partial charge in [0.15, 0.2) is 0 Å². The number of hydrogen-bond donors (Lipinski definition) is 0. The Hall–Kier alpha value is -1.34. The van der Waals surface area contributed by atoms with E-state index in [1.807, 2.05) is 0 Å². The van der Waals surface area contributed by atoms with Gasteiger partial charge in [-0.05, 0) is 68.9 Å². The topological polar surface area (TPSA) is 0 Å². The summed E-state index contributed by atoms with van der Waals surface area (Å²) in [4.78, 5) is 0. The van der Waals surface area contributed by atoms with Crippen molar-refractivity contribution < 1.29 is 0 Å². The van der Waals surface area contributed by atoms with Crippen LogP contribution in [0, 0.1) is 13.8 Å². The number of rotatable bonds is 2. The molecular weight excluding hydrogens is 412 g/mol. The van der Waals surface area contributed by atoms with E-state index >= 15 is 0 Å². The van der Waals surface area contributed by atoms with Crippen molar-refractivity contribution in [2.24, 2.45) is 0 Å². The smallest absolute Gasteiger partial charge is 0.0616 e. The van der Waals surface area contributed by atoms with Crippen LogP contribution in [0.25, 0.3) is 0 Å². The lowest BCUT2D eigenvalue weighted by atomic mass is 9.77. The van der Waals surface area contributed by atoms with Gasteiger partial charge < -0.3 is 0 Å². The summed E-state index contributed by atoms with van der Waals surface area (Å²) >= 11 is 0. The van der Waals surface area contributed by atoms with Crippen molar-refractivity contribution in [2.75, 3.05) is 0 Å². The molecule has 0 spiro atoms. The van der Waals surface area contributed by atoms with Crippen molar-refractivity contribution >= 4 is 18.4 Å². The van der Waals surface area contributed by atoms with E-state index in [0.717, 1.165) is 0 Å². The quantitative estimate of drug-likeness (QED) is 0.392. The molecule has 0 aliphatic heterocycles. The van der Waals surface area contributed by atoms with E-state index in [2.05, 4.69) is 134 Å². The van der Waals surface area contributed by atoms with Gasteiger partial charge in [0, 0.05) is 0 Å². The normalized spacial score (nSPS) is 14.1. The molecule has 0 unspecified atom stereocenters. The largest absolute Gasteiger partial charge is 0.112 e. The van der Waals surface area contributed by atoms with E-state index < -0.39 is 8.07 Å². The molecule has 2 aromatic rings. The van der Waals surface area contributed by atoms with Gasteiger partial charge in [0.05, 0.1) is 0 Å². The lowest BCUT2D eigenvalue weighted by molar-refractivity contribution is 0.562. The monoisotopic (exact) mass is 464 g/mol. The molecule has 0 N–H and O–H groups in total. The van der Waals surface area contributed by atoms with Crippen LogP contribution in [0.4, 0.5) is 0 Å². The highest BCUT2D eigenvalue weighted by atomic mass is 28.3. The Labute approximate surface area is 207 Å². The molecule has 0 radical (unpaired) electrons. The van der Waals surface area contributed by atoms with Gasteiger partial charge in [0.25, 0.3) is 0 Å². The van der Waals surface area contributed by atoms with E-state index in [9.17, 15) is 0 Å². The Morgan fingerprint density at radius 1 is 0.424 bits per heavy atom. The average molecular weight is 465 g/mol. The van der Waals surface area contributed by atoms with Crippen molar-refractivity contribution in [3.05, 3.63) is 57.6 Å². The van der Waals surface area contributed by atoms with Crippen molar-refractivity contribution in [3.8, 4) is 0 Å². The lowest BCUT2D eigenvalue weighted by Crippen LogP contribution is -2.54. The van der Waals surface area contributed by atoms with Crippen molar-refractivity contribution in [2.45, 2.75) is 132 Å². The van der Waals surface area contributed by atoms with Gasteiger partial charge in [-0.2, -0.15) is 0 Å². The molecule has 0 atom stereocenters. The van der Waals surface area contributed by atoms with Crippen LogP contribution in [0.2, 0.25) is 13.1 Å². The first-order chi connectivity index (χ1) is 14.5. The third-order valence-electron chi connectivity index (χ3n) is 7.49. The SMILES string of the molecule is Cc1c(C(C)(C)C)cc([Si](C)(C)c2cc(C(C)(C)C)c(C)c(C(C)(C)C)c2)cc1C(C)(C)C. The Kier molecular flexibility index (Phi) is 7.10. The van der Waals surface area contributed by atoms with E-state index in [-0.39, 0.29) is 21.7 Å². The molecule has 0 aliphatic carbocycles. The maximum Gasteiger partial charge on any atom is 0.112 e. The Morgan fingerprint density at radius 3 is 0.758 bits per heavy atom. The molecule has 1 heteroatoms. The lowest BCUT2D eigenvalue weighted by Gasteiger charge is -2.35. The maximum atomic E-state index is 2.56. The minimum atomic E-state index is -1.94. The van der Waals surface area contributed by atoms with E-state index in [1.165, 1.54) is 33.4 Å². The molecule has 0 aromatic heterocycles. The minimum absolute atomic E-state index is 0.130. The molecule has 2 aromatic carbocycles. The summed E-state index contributed by atoms with van der Waals surface area (Å²) in [6.07, 6.45) is 0. The fourth-order valence-electron chi connectivity index (χ4n) is 5.43. The minimum Gasteiger partial charge on any atom is -0.0616 e. The van der Waals surface area contributed by atoms with Gasteiger partial charge in [-0.15, -0.1) is 0 Å². The van der Waals surface area contributed by atoms with Crippen LogP contribution in [0.15, 0.2) is 24.3 Å². The molecule has 0 amide bonds. The van der Waals surface area contributed by atoms with E-state index in [1.54, 1.807) is 10.4 Å². The van der Waals surface area contributed by atoms with E-state index in [4.69, 9.17) is 0 Å². The molecular formula is C32H52Si. The Morgan fingerprint density at radius 2 is 0.606 bits per heavy atom. The highest BCUT2D eigenvalue weighted by Crippen LogP contribution is 2.35. The molecule has 0 nitrogen and oxygen atoms in total. The van der Waals surface area contributed by atoms with Crippen LogP contribution >= 0.6 is 0 Å². The summed E-state index contributed by atoms with van der Waals surface area (Å²) in [6.45, 7) is 38.1. The Bertz CT molecular complexity index is 869. The molecule has 0 saturated carbocycles. The van der Waals surface area contributed by atoms with Gasteiger partial charge in [0.2, 0.25) is 0 Å². The zero-order valence-corrected chi connectivity index (χ0v) is 25.8. The third kappa shape index (κ3) is 5.67. The summed E-state index contributed by atoms with van der Waals surface area (Å²) < 4.78 is 0. The predicted molar refractivity (Wildman–Crippen MR) is 154 cm³/mol. The van der Waals surface area contributed by atoms with Crippen LogP contribution in [0.3, 0.4) is 0 Å². The molecule has 0 bridgehead atoms. The van der Waals surface area contributed by atoms with Crippen molar-refractivity contribution in [1.82, 2.24) is 0 Å². The summed E-state index contributed by atoms with van der Waals surface area (Å²) in [5, 5.41) is 3.12. The highest BCUT2D eigenvalue weighted by Gasteiger charge is 2.34. The van der Waals surface area contributed by atoms with Crippen molar-refractivity contribution in [1.29, 1.82) is 0 Å². The molecule has 33 heavy (non-hydrogen) atoms. The van der Waals surface area contributed by atoms with Gasteiger partial charge in [0.1, 0.15) is 8.07 Å². The number of benzene rings is 2. The Balaban J connectivity index is 2.95. The second-order valence-electron chi connectivity index (χ2n) is 15.0. The molecule has 0 aliphatic rings. The zero-order chi connectivity index (χ0) is 25.9. The molecule has 0 fully saturated rings. The summed E-state index contributed by atoms with van der Waals surface area (Å²) in [5.41, 5.74) is 9.48. The fraction of sp³-hybridized carbons (Fsp3) is 0.625. The summed E-state index contributed by atoms with van der Waals surface area (Å²) in [7, 11) is -1.94. The van der Waals surface area contributed by atoms with Gasteiger partial charge in [-0.1, -0.05) is 131 Å². The molecule has 0 saturated heterocycles. The molecule has 0 heterocycles. The van der Waals surface area contributed by atoms with Crippen LogP contribution in [0.1, 0.15) is 116 Å². The van der Waals surface area contributed by atoms with Gasteiger partial charge in [-0.3, -0.25) is 0 Å². The van der Waals surface area contributed by atoms with E-state index in [0.29, 0.717) is 0 Å². The zero-order valence-electron chi connectivity index (χ0n) is 24.8. The third-order valence-corrected chi connectivity index (χ3v) is 11.0. The number of hydrogen-bond acceptors (Lipinski definition) is 0. The van der Waals surface area contributed by atoms with Gasteiger partial charge >= 0.3 is 0 Å². The average Bonchev–Trinajstić information content (AvgIpc) is 2.57. The summed E-state index contributed by atoms with van der Waals surface area (Å²) in [6, 6.07) is 10.2. The van der Waals surface area contributed by atoms with Crippen LogP contribution in [-0.2, 0) is 21.7 Å². The first-order valence-corrected chi connectivity index (χ1v) is 15.8. The second-order valence-corrected chi connectivity index (χ2v) is 19.4. The molecule has 2 rings (SSSR count). The maximum absolute atomic E-state index is 2.56. The van der Waals surface area contributed by atoms with Gasteiger partial charge in [-0.25, -0.2) is 0 Å². The van der Waals surface area contributed by atoms with Crippen LogP contribution < -0.4 is 10.4 Å².